The number of aryl methyl sites for hydroxylation is 1. The molecule has 0 spiro atoms. The average molecular weight is 350 g/mol. The van der Waals surface area contributed by atoms with Crippen LogP contribution in [0.15, 0.2) is 53.0 Å². The maximum Gasteiger partial charge on any atom is 0.119 e. The van der Waals surface area contributed by atoms with Gasteiger partial charge in [0.25, 0.3) is 0 Å². The van der Waals surface area contributed by atoms with E-state index < -0.39 is 6.10 Å². The smallest absolute Gasteiger partial charge is 0.119 e. The van der Waals surface area contributed by atoms with Crippen molar-refractivity contribution < 1.29 is 9.84 Å². The molecule has 112 valence electrons. The molecular formula is C17H20BrNO2. The van der Waals surface area contributed by atoms with Crippen LogP contribution in [0, 0.1) is 6.92 Å². The van der Waals surface area contributed by atoms with E-state index in [1.807, 2.05) is 55.5 Å². The van der Waals surface area contributed by atoms with Gasteiger partial charge in [-0.1, -0.05) is 45.8 Å². The second-order valence-electron chi connectivity index (χ2n) is 5.04. The van der Waals surface area contributed by atoms with E-state index in [9.17, 15) is 5.11 Å². The average Bonchev–Trinajstić information content (AvgIpc) is 2.49. The van der Waals surface area contributed by atoms with Gasteiger partial charge in [-0.25, -0.2) is 0 Å². The number of aliphatic hydroxyl groups is 1. The van der Waals surface area contributed by atoms with Gasteiger partial charge >= 0.3 is 0 Å². The molecule has 0 aliphatic rings. The van der Waals surface area contributed by atoms with E-state index in [-0.39, 0.29) is 6.61 Å². The van der Waals surface area contributed by atoms with E-state index in [0.29, 0.717) is 6.54 Å². The first-order chi connectivity index (χ1) is 10.1. The fourth-order valence-corrected chi connectivity index (χ4v) is 2.14. The van der Waals surface area contributed by atoms with Gasteiger partial charge in [-0.05, 0) is 36.8 Å². The van der Waals surface area contributed by atoms with E-state index in [0.717, 1.165) is 16.8 Å². The fourth-order valence-electron chi connectivity index (χ4n) is 1.87. The zero-order chi connectivity index (χ0) is 15.1. The first kappa shape index (κ1) is 16.0. The minimum absolute atomic E-state index is 0.288. The maximum absolute atomic E-state index is 9.89. The highest BCUT2D eigenvalue weighted by atomic mass is 79.9. The summed E-state index contributed by atoms with van der Waals surface area (Å²) in [7, 11) is 0. The Labute approximate surface area is 134 Å². The minimum Gasteiger partial charge on any atom is -0.491 e. The summed E-state index contributed by atoms with van der Waals surface area (Å²) in [5.74, 6) is 0.785. The summed E-state index contributed by atoms with van der Waals surface area (Å²) in [5.41, 5.74) is 2.38. The normalized spacial score (nSPS) is 12.1. The van der Waals surface area contributed by atoms with Crippen LogP contribution in [0.2, 0.25) is 0 Å². The molecule has 0 saturated carbocycles. The SMILES string of the molecule is Cc1ccc(OCC(O)CNCc2ccc(Br)cc2)cc1. The van der Waals surface area contributed by atoms with Crippen molar-refractivity contribution in [1.82, 2.24) is 5.32 Å². The summed E-state index contributed by atoms with van der Waals surface area (Å²) < 4.78 is 6.61. The van der Waals surface area contributed by atoms with Gasteiger partial charge in [0.15, 0.2) is 0 Å². The molecule has 1 unspecified atom stereocenters. The molecule has 0 bridgehead atoms. The summed E-state index contributed by atoms with van der Waals surface area (Å²) in [6, 6.07) is 15.9. The third-order valence-electron chi connectivity index (χ3n) is 3.09. The Balaban J connectivity index is 1.66. The summed E-state index contributed by atoms with van der Waals surface area (Å²) in [5, 5.41) is 13.1. The molecule has 2 aromatic carbocycles. The Morgan fingerprint density at radius 1 is 1.10 bits per heavy atom. The van der Waals surface area contributed by atoms with Crippen molar-refractivity contribution >= 4 is 15.9 Å². The van der Waals surface area contributed by atoms with Crippen LogP contribution < -0.4 is 10.1 Å². The molecule has 0 heterocycles. The topological polar surface area (TPSA) is 41.5 Å². The van der Waals surface area contributed by atoms with Crippen LogP contribution in [0.5, 0.6) is 5.75 Å². The molecule has 1 atom stereocenters. The minimum atomic E-state index is -0.526. The number of nitrogens with one attached hydrogen (secondary N) is 1. The number of benzene rings is 2. The highest BCUT2D eigenvalue weighted by molar-refractivity contribution is 9.10. The molecule has 2 rings (SSSR count). The highest BCUT2D eigenvalue weighted by Crippen LogP contribution is 2.12. The standard InChI is InChI=1S/C17H20BrNO2/c1-13-2-8-17(9-3-13)21-12-16(20)11-19-10-14-4-6-15(18)7-5-14/h2-9,16,19-20H,10-12H2,1H3. The molecule has 2 aromatic rings. The molecule has 0 aromatic heterocycles. The van der Waals surface area contributed by atoms with Crippen molar-refractivity contribution in [2.75, 3.05) is 13.2 Å². The molecule has 0 radical (unpaired) electrons. The first-order valence-corrected chi connectivity index (χ1v) is 7.75. The summed E-state index contributed by atoms with van der Waals surface area (Å²) in [6.45, 7) is 3.55. The van der Waals surface area contributed by atoms with Gasteiger partial charge in [-0.15, -0.1) is 0 Å². The van der Waals surface area contributed by atoms with E-state index in [1.54, 1.807) is 0 Å². The third kappa shape index (κ3) is 5.87. The fraction of sp³-hybridized carbons (Fsp3) is 0.294. The zero-order valence-corrected chi connectivity index (χ0v) is 13.6. The quantitative estimate of drug-likeness (QED) is 0.805. The largest absolute Gasteiger partial charge is 0.491 e. The van der Waals surface area contributed by atoms with E-state index in [1.165, 1.54) is 11.1 Å². The summed E-state index contributed by atoms with van der Waals surface area (Å²) in [6.07, 6.45) is -0.526. The van der Waals surface area contributed by atoms with Crippen molar-refractivity contribution in [2.24, 2.45) is 0 Å². The molecule has 2 N–H and O–H groups in total. The number of hydrogen-bond donors (Lipinski definition) is 2. The lowest BCUT2D eigenvalue weighted by atomic mass is 10.2. The van der Waals surface area contributed by atoms with Crippen molar-refractivity contribution in [1.29, 1.82) is 0 Å². The van der Waals surface area contributed by atoms with Crippen LogP contribution in [0.4, 0.5) is 0 Å². The van der Waals surface area contributed by atoms with Crippen molar-refractivity contribution in [2.45, 2.75) is 19.6 Å². The van der Waals surface area contributed by atoms with Crippen LogP contribution >= 0.6 is 15.9 Å². The van der Waals surface area contributed by atoms with Crippen molar-refractivity contribution in [3.8, 4) is 5.75 Å². The Hall–Kier alpha value is -1.36. The monoisotopic (exact) mass is 349 g/mol. The zero-order valence-electron chi connectivity index (χ0n) is 12.1. The Kier molecular flexibility index (Phi) is 6.23. The third-order valence-corrected chi connectivity index (χ3v) is 3.61. The molecular weight excluding hydrogens is 330 g/mol. The van der Waals surface area contributed by atoms with Crippen LogP contribution in [-0.2, 0) is 6.54 Å². The Morgan fingerprint density at radius 2 is 1.76 bits per heavy atom. The second kappa shape index (κ2) is 8.17. The molecule has 0 saturated heterocycles. The number of halogens is 1. The van der Waals surface area contributed by atoms with E-state index >= 15 is 0 Å². The van der Waals surface area contributed by atoms with Gasteiger partial charge in [0.1, 0.15) is 18.5 Å². The number of hydrogen-bond acceptors (Lipinski definition) is 3. The molecule has 0 aliphatic carbocycles. The Morgan fingerprint density at radius 3 is 2.43 bits per heavy atom. The summed E-state index contributed by atoms with van der Waals surface area (Å²) >= 11 is 3.41. The predicted molar refractivity (Wildman–Crippen MR) is 88.5 cm³/mol. The number of aliphatic hydroxyl groups excluding tert-OH is 1. The predicted octanol–water partition coefficient (Wildman–Crippen LogP) is 3.29. The lowest BCUT2D eigenvalue weighted by Gasteiger charge is -2.13. The van der Waals surface area contributed by atoms with Gasteiger partial charge in [-0.2, -0.15) is 0 Å². The molecule has 0 fully saturated rings. The van der Waals surface area contributed by atoms with Crippen molar-refractivity contribution in [3.05, 3.63) is 64.1 Å². The lowest BCUT2D eigenvalue weighted by Crippen LogP contribution is -2.31. The molecule has 0 amide bonds. The number of rotatable bonds is 7. The van der Waals surface area contributed by atoms with Crippen LogP contribution in [0.25, 0.3) is 0 Å². The molecule has 3 nitrogen and oxygen atoms in total. The van der Waals surface area contributed by atoms with E-state index in [4.69, 9.17) is 4.74 Å². The van der Waals surface area contributed by atoms with Gasteiger partial charge < -0.3 is 15.2 Å². The molecule has 21 heavy (non-hydrogen) atoms. The maximum atomic E-state index is 9.89. The molecule has 0 aliphatic heterocycles. The van der Waals surface area contributed by atoms with Gasteiger partial charge in [0, 0.05) is 17.6 Å². The van der Waals surface area contributed by atoms with Crippen molar-refractivity contribution in [3.63, 3.8) is 0 Å². The highest BCUT2D eigenvalue weighted by Gasteiger charge is 2.05. The van der Waals surface area contributed by atoms with Gasteiger partial charge in [0.2, 0.25) is 0 Å². The van der Waals surface area contributed by atoms with Gasteiger partial charge in [-0.3, -0.25) is 0 Å². The Bertz CT molecular complexity index is 540. The van der Waals surface area contributed by atoms with Crippen LogP contribution in [-0.4, -0.2) is 24.4 Å². The molecule has 4 heteroatoms. The van der Waals surface area contributed by atoms with Gasteiger partial charge in [0.05, 0.1) is 0 Å². The number of ether oxygens (including phenoxy) is 1. The van der Waals surface area contributed by atoms with Crippen LogP contribution in [0.3, 0.4) is 0 Å². The lowest BCUT2D eigenvalue weighted by molar-refractivity contribution is 0.106. The van der Waals surface area contributed by atoms with Crippen LogP contribution in [0.1, 0.15) is 11.1 Å². The first-order valence-electron chi connectivity index (χ1n) is 6.96. The second-order valence-corrected chi connectivity index (χ2v) is 5.95. The summed E-state index contributed by atoms with van der Waals surface area (Å²) in [4.78, 5) is 0. The van der Waals surface area contributed by atoms with E-state index in [2.05, 4.69) is 21.2 Å².